The fourth-order valence-electron chi connectivity index (χ4n) is 1.80. The Hall–Kier alpha value is -2.41. The third kappa shape index (κ3) is 4.53. The lowest BCUT2D eigenvalue weighted by atomic mass is 10.2. The summed E-state index contributed by atoms with van der Waals surface area (Å²) in [7, 11) is 0. The number of hydrogen-bond acceptors (Lipinski definition) is 5. The first-order valence-electron chi connectivity index (χ1n) is 7.19. The first-order chi connectivity index (χ1) is 10.9. The Morgan fingerprint density at radius 3 is 2.43 bits per heavy atom. The highest BCUT2D eigenvalue weighted by Crippen LogP contribution is 2.26. The Bertz CT molecular complexity index is 695. The largest absolute Gasteiger partial charge is 0.491 e. The molecule has 1 aromatic carbocycles. The van der Waals surface area contributed by atoms with E-state index in [1.165, 1.54) is 18.3 Å². The highest BCUT2D eigenvalue weighted by molar-refractivity contribution is 7.13. The van der Waals surface area contributed by atoms with E-state index in [1.54, 1.807) is 5.38 Å². The zero-order chi connectivity index (χ0) is 17.0. The van der Waals surface area contributed by atoms with E-state index < -0.39 is 17.9 Å². The van der Waals surface area contributed by atoms with Crippen LogP contribution in [0.4, 0.5) is 0 Å². The average molecular weight is 333 g/mol. The van der Waals surface area contributed by atoms with Gasteiger partial charge in [-0.05, 0) is 45.0 Å². The number of hydrogen-bond donors (Lipinski definition) is 2. The van der Waals surface area contributed by atoms with E-state index in [0.29, 0.717) is 0 Å². The molecule has 1 atom stereocenters. The minimum atomic E-state index is -0.736. The van der Waals surface area contributed by atoms with Gasteiger partial charge in [0.25, 0.3) is 5.91 Å². The molecule has 0 saturated carbocycles. The zero-order valence-corrected chi connectivity index (χ0v) is 14.0. The van der Waals surface area contributed by atoms with Gasteiger partial charge >= 0.3 is 0 Å². The molecule has 7 heteroatoms. The summed E-state index contributed by atoms with van der Waals surface area (Å²) in [5, 5.41) is 4.87. The number of nitrogens with two attached hydrogens (primary N) is 1. The van der Waals surface area contributed by atoms with Crippen molar-refractivity contribution in [3.05, 3.63) is 35.3 Å². The Morgan fingerprint density at radius 2 is 1.87 bits per heavy atom. The molecule has 23 heavy (non-hydrogen) atoms. The van der Waals surface area contributed by atoms with Crippen LogP contribution < -0.4 is 15.8 Å². The van der Waals surface area contributed by atoms with Crippen molar-refractivity contribution in [1.82, 2.24) is 10.3 Å². The smallest absolute Gasteiger partial charge is 0.271 e. The molecule has 0 saturated heterocycles. The molecule has 2 rings (SSSR count). The summed E-state index contributed by atoms with van der Waals surface area (Å²) in [6.45, 7) is 5.46. The molecule has 1 heterocycles. The van der Waals surface area contributed by atoms with Crippen LogP contribution in [0, 0.1) is 0 Å². The number of carbonyl (C=O) groups excluding carboxylic acids is 2. The topological polar surface area (TPSA) is 94.3 Å². The summed E-state index contributed by atoms with van der Waals surface area (Å²) in [5.74, 6) is -0.221. The molecule has 0 aliphatic carbocycles. The van der Waals surface area contributed by atoms with E-state index in [0.717, 1.165) is 16.3 Å². The van der Waals surface area contributed by atoms with Crippen molar-refractivity contribution in [2.45, 2.75) is 32.9 Å². The molecule has 122 valence electrons. The molecule has 0 aliphatic heterocycles. The minimum Gasteiger partial charge on any atom is -0.491 e. The third-order valence-electron chi connectivity index (χ3n) is 2.98. The van der Waals surface area contributed by atoms with E-state index in [9.17, 15) is 9.59 Å². The summed E-state index contributed by atoms with van der Waals surface area (Å²) in [5.41, 5.74) is 6.28. The van der Waals surface area contributed by atoms with Gasteiger partial charge in [-0.2, -0.15) is 0 Å². The number of thiazole rings is 1. The van der Waals surface area contributed by atoms with Crippen molar-refractivity contribution in [2.75, 3.05) is 0 Å². The molecule has 1 aromatic heterocycles. The maximum Gasteiger partial charge on any atom is 0.271 e. The van der Waals surface area contributed by atoms with Gasteiger partial charge in [0.1, 0.15) is 22.5 Å². The maximum atomic E-state index is 12.0. The number of nitrogens with zero attached hydrogens (tertiary/aromatic N) is 1. The Balaban J connectivity index is 2.09. The predicted molar refractivity (Wildman–Crippen MR) is 89.4 cm³/mol. The predicted octanol–water partition coefficient (Wildman–Crippen LogP) is 2.20. The Labute approximate surface area is 138 Å². The van der Waals surface area contributed by atoms with Gasteiger partial charge in [0.05, 0.1) is 6.10 Å². The second-order valence-electron chi connectivity index (χ2n) is 5.33. The van der Waals surface area contributed by atoms with Crippen LogP contribution in [-0.2, 0) is 4.79 Å². The summed E-state index contributed by atoms with van der Waals surface area (Å²) in [6, 6.07) is 6.78. The van der Waals surface area contributed by atoms with Crippen molar-refractivity contribution in [1.29, 1.82) is 0 Å². The molecule has 2 amide bonds. The first kappa shape index (κ1) is 17.0. The molecular formula is C16H19N3O3S. The number of aromatic nitrogens is 1. The third-order valence-corrected chi connectivity index (χ3v) is 3.88. The molecule has 2 aromatic rings. The lowest BCUT2D eigenvalue weighted by Gasteiger charge is -2.09. The van der Waals surface area contributed by atoms with Gasteiger partial charge in [-0.3, -0.25) is 9.59 Å². The number of benzene rings is 1. The summed E-state index contributed by atoms with van der Waals surface area (Å²) in [4.78, 5) is 27.3. The van der Waals surface area contributed by atoms with Crippen LogP contribution in [0.2, 0.25) is 0 Å². The van der Waals surface area contributed by atoms with Crippen LogP contribution in [0.25, 0.3) is 10.6 Å². The Kier molecular flexibility index (Phi) is 5.33. The second kappa shape index (κ2) is 7.23. The Morgan fingerprint density at radius 1 is 1.22 bits per heavy atom. The number of ether oxygens (including phenoxy) is 1. The van der Waals surface area contributed by atoms with Crippen molar-refractivity contribution < 1.29 is 14.3 Å². The molecule has 6 nitrogen and oxygen atoms in total. The number of nitrogens with one attached hydrogen (secondary N) is 1. The maximum absolute atomic E-state index is 12.0. The lowest BCUT2D eigenvalue weighted by molar-refractivity contribution is -0.119. The fraction of sp³-hybridized carbons (Fsp3) is 0.312. The van der Waals surface area contributed by atoms with Crippen molar-refractivity contribution in [3.63, 3.8) is 0 Å². The average Bonchev–Trinajstić information content (AvgIpc) is 2.97. The normalized spacial score (nSPS) is 12.0. The van der Waals surface area contributed by atoms with Crippen LogP contribution in [0.5, 0.6) is 5.75 Å². The van der Waals surface area contributed by atoms with Crippen molar-refractivity contribution in [2.24, 2.45) is 5.73 Å². The van der Waals surface area contributed by atoms with E-state index in [2.05, 4.69) is 10.3 Å². The van der Waals surface area contributed by atoms with E-state index in [1.807, 2.05) is 38.1 Å². The van der Waals surface area contributed by atoms with Crippen LogP contribution in [0.15, 0.2) is 29.6 Å². The van der Waals surface area contributed by atoms with Crippen molar-refractivity contribution >= 4 is 23.2 Å². The number of carbonyl (C=O) groups is 2. The quantitative estimate of drug-likeness (QED) is 0.847. The van der Waals surface area contributed by atoms with Gasteiger partial charge in [-0.25, -0.2) is 4.98 Å². The monoisotopic (exact) mass is 333 g/mol. The molecule has 0 spiro atoms. The van der Waals surface area contributed by atoms with Gasteiger partial charge in [0, 0.05) is 10.9 Å². The van der Waals surface area contributed by atoms with Gasteiger partial charge in [-0.15, -0.1) is 11.3 Å². The molecular weight excluding hydrogens is 314 g/mol. The highest BCUT2D eigenvalue weighted by Gasteiger charge is 2.16. The standard InChI is InChI=1S/C16H19N3O3S/c1-9(2)22-12-6-4-11(5-7-12)16-19-13(8-23-16)15(21)18-10(3)14(17)20/h4-10H,1-3H3,(H2,17,20)(H,18,21)/t10-/m0/s1. The number of rotatable bonds is 6. The summed E-state index contributed by atoms with van der Waals surface area (Å²) < 4.78 is 5.59. The molecule has 0 radical (unpaired) electrons. The molecule has 3 N–H and O–H groups in total. The zero-order valence-electron chi connectivity index (χ0n) is 13.2. The second-order valence-corrected chi connectivity index (χ2v) is 6.18. The van der Waals surface area contributed by atoms with Gasteiger partial charge in [-0.1, -0.05) is 0 Å². The molecule has 0 unspecified atom stereocenters. The molecule has 0 bridgehead atoms. The van der Waals surface area contributed by atoms with Crippen LogP contribution >= 0.6 is 11.3 Å². The number of primary amides is 1. The van der Waals surface area contributed by atoms with Crippen molar-refractivity contribution in [3.8, 4) is 16.3 Å². The van der Waals surface area contributed by atoms with Crippen LogP contribution in [-0.4, -0.2) is 28.9 Å². The summed E-state index contributed by atoms with van der Waals surface area (Å²) in [6.07, 6.45) is 0.114. The SMILES string of the molecule is CC(C)Oc1ccc(-c2nc(C(=O)N[C@@H](C)C(N)=O)cs2)cc1. The van der Waals surface area contributed by atoms with Crippen LogP contribution in [0.1, 0.15) is 31.3 Å². The summed E-state index contributed by atoms with van der Waals surface area (Å²) >= 11 is 1.36. The van der Waals surface area contributed by atoms with E-state index in [4.69, 9.17) is 10.5 Å². The van der Waals surface area contributed by atoms with E-state index >= 15 is 0 Å². The fourth-order valence-corrected chi connectivity index (χ4v) is 2.61. The van der Waals surface area contributed by atoms with Gasteiger partial charge in [0.2, 0.25) is 5.91 Å². The van der Waals surface area contributed by atoms with Gasteiger partial charge < -0.3 is 15.8 Å². The lowest BCUT2D eigenvalue weighted by Crippen LogP contribution is -2.42. The minimum absolute atomic E-state index is 0.114. The molecule has 0 aliphatic rings. The van der Waals surface area contributed by atoms with Gasteiger partial charge in [0.15, 0.2) is 0 Å². The molecule has 0 fully saturated rings. The number of amides is 2. The van der Waals surface area contributed by atoms with Crippen LogP contribution in [0.3, 0.4) is 0 Å². The first-order valence-corrected chi connectivity index (χ1v) is 8.07. The highest BCUT2D eigenvalue weighted by atomic mass is 32.1. The van der Waals surface area contributed by atoms with E-state index in [-0.39, 0.29) is 11.8 Å².